The number of amides is 1. The predicted octanol–water partition coefficient (Wildman–Crippen LogP) is 5.04. The van der Waals surface area contributed by atoms with Gasteiger partial charge in [0.2, 0.25) is 5.91 Å². The molecule has 1 N–H and O–H groups in total. The lowest BCUT2D eigenvalue weighted by atomic mass is 10.2. The molecule has 2 aromatic carbocycles. The summed E-state index contributed by atoms with van der Waals surface area (Å²) in [4.78, 5) is 12.3. The first-order chi connectivity index (χ1) is 12.9. The number of hydrogen-bond acceptors (Lipinski definition) is 5. The summed E-state index contributed by atoms with van der Waals surface area (Å²) < 4.78 is 12.2. The van der Waals surface area contributed by atoms with Gasteiger partial charge in [0.1, 0.15) is 12.3 Å². The second-order valence-electron chi connectivity index (χ2n) is 5.70. The summed E-state index contributed by atoms with van der Waals surface area (Å²) in [6.45, 7) is 1.89. The number of halogens is 2. The van der Waals surface area contributed by atoms with Crippen LogP contribution in [0.3, 0.4) is 0 Å². The van der Waals surface area contributed by atoms with Gasteiger partial charge in [-0.1, -0.05) is 35.3 Å². The maximum atomic E-state index is 12.2. The van der Waals surface area contributed by atoms with Crippen LogP contribution < -0.4 is 10.1 Å². The van der Waals surface area contributed by atoms with E-state index in [1.807, 2.05) is 31.2 Å². The normalized spacial score (nSPS) is 10.6. The van der Waals surface area contributed by atoms with Gasteiger partial charge in [0.05, 0.1) is 5.02 Å². The van der Waals surface area contributed by atoms with E-state index in [0.29, 0.717) is 21.5 Å². The third kappa shape index (κ3) is 5.32. The van der Waals surface area contributed by atoms with Crippen LogP contribution >= 0.6 is 35.4 Å². The third-order valence-electron chi connectivity index (χ3n) is 3.49. The number of anilines is 1. The standard InChI is InChI=1S/C18H15Cl2N3O3S/c1-11-3-2-4-13(7-11)21-16(24)9-23-18(27)26-17(22-23)10-25-15-6-5-12(19)8-14(15)20/h2-8H,9-10H2,1H3,(H,21,24). The molecular formula is C18H15Cl2N3O3S. The molecule has 0 aliphatic carbocycles. The lowest BCUT2D eigenvalue weighted by Gasteiger charge is -2.06. The van der Waals surface area contributed by atoms with Crippen LogP contribution in [0.15, 0.2) is 46.9 Å². The Bertz CT molecular complexity index is 1030. The Morgan fingerprint density at radius 3 is 2.85 bits per heavy atom. The molecule has 0 unspecified atom stereocenters. The monoisotopic (exact) mass is 423 g/mol. The number of benzene rings is 2. The van der Waals surface area contributed by atoms with Crippen LogP contribution in [0.25, 0.3) is 0 Å². The van der Waals surface area contributed by atoms with E-state index in [1.54, 1.807) is 18.2 Å². The van der Waals surface area contributed by atoms with Gasteiger partial charge in [-0.2, -0.15) is 0 Å². The van der Waals surface area contributed by atoms with Crippen molar-refractivity contribution in [1.82, 2.24) is 9.78 Å². The molecule has 0 fully saturated rings. The van der Waals surface area contributed by atoms with Crippen LogP contribution in [0, 0.1) is 11.8 Å². The van der Waals surface area contributed by atoms with Gasteiger partial charge in [-0.3, -0.25) is 4.79 Å². The van der Waals surface area contributed by atoms with Crippen LogP contribution in [0.1, 0.15) is 11.5 Å². The minimum Gasteiger partial charge on any atom is -0.482 e. The van der Waals surface area contributed by atoms with E-state index in [0.717, 1.165) is 5.56 Å². The Labute approximate surface area is 170 Å². The lowest BCUT2D eigenvalue weighted by molar-refractivity contribution is -0.117. The van der Waals surface area contributed by atoms with Crippen molar-refractivity contribution in [2.45, 2.75) is 20.1 Å². The first kappa shape index (κ1) is 19.4. The van der Waals surface area contributed by atoms with E-state index in [1.165, 1.54) is 4.68 Å². The number of aryl methyl sites for hydroxylation is 1. The molecule has 6 nitrogen and oxygen atoms in total. The zero-order valence-electron chi connectivity index (χ0n) is 14.2. The summed E-state index contributed by atoms with van der Waals surface area (Å²) in [5, 5.41) is 7.83. The minimum absolute atomic E-state index is 0.0114. The van der Waals surface area contributed by atoms with Crippen LogP contribution in [0.2, 0.25) is 10.0 Å². The van der Waals surface area contributed by atoms with Crippen molar-refractivity contribution in [2.24, 2.45) is 0 Å². The van der Waals surface area contributed by atoms with Gasteiger partial charge in [-0.15, -0.1) is 5.10 Å². The van der Waals surface area contributed by atoms with Crippen LogP contribution in [-0.2, 0) is 17.9 Å². The van der Waals surface area contributed by atoms with E-state index in [4.69, 9.17) is 44.6 Å². The predicted molar refractivity (Wildman–Crippen MR) is 106 cm³/mol. The van der Waals surface area contributed by atoms with Crippen molar-refractivity contribution in [3.8, 4) is 5.75 Å². The maximum Gasteiger partial charge on any atom is 0.287 e. The van der Waals surface area contributed by atoms with Gasteiger partial charge in [0.15, 0.2) is 6.61 Å². The van der Waals surface area contributed by atoms with E-state index in [-0.39, 0.29) is 29.8 Å². The first-order valence-corrected chi connectivity index (χ1v) is 9.08. The van der Waals surface area contributed by atoms with Crippen molar-refractivity contribution in [3.05, 3.63) is 68.8 Å². The molecule has 0 aliphatic rings. The topological polar surface area (TPSA) is 69.3 Å². The minimum atomic E-state index is -0.266. The quantitative estimate of drug-likeness (QED) is 0.562. The average Bonchev–Trinajstić information content (AvgIpc) is 2.93. The molecule has 1 aromatic heterocycles. The molecule has 0 radical (unpaired) electrons. The molecule has 0 saturated carbocycles. The highest BCUT2D eigenvalue weighted by Crippen LogP contribution is 2.28. The average molecular weight is 424 g/mol. The molecule has 1 amide bonds. The molecule has 0 atom stereocenters. The number of ether oxygens (including phenoxy) is 1. The van der Waals surface area contributed by atoms with Gasteiger partial charge in [-0.05, 0) is 55.0 Å². The Kier molecular flexibility index (Phi) is 6.15. The van der Waals surface area contributed by atoms with E-state index in [9.17, 15) is 4.79 Å². The first-order valence-electron chi connectivity index (χ1n) is 7.92. The highest BCUT2D eigenvalue weighted by atomic mass is 35.5. The number of rotatable bonds is 6. The Balaban J connectivity index is 1.62. The smallest absolute Gasteiger partial charge is 0.287 e. The van der Waals surface area contributed by atoms with E-state index < -0.39 is 0 Å². The number of carbonyl (C=O) groups is 1. The summed E-state index contributed by atoms with van der Waals surface area (Å²) in [5.41, 5.74) is 1.75. The third-order valence-corrected chi connectivity index (χ3v) is 4.31. The molecule has 3 rings (SSSR count). The zero-order valence-corrected chi connectivity index (χ0v) is 16.6. The molecule has 27 heavy (non-hydrogen) atoms. The SMILES string of the molecule is Cc1cccc(NC(=O)Cn2nc(COc3ccc(Cl)cc3Cl)oc2=S)c1. The Morgan fingerprint density at radius 1 is 1.30 bits per heavy atom. The van der Waals surface area contributed by atoms with Gasteiger partial charge in [-0.25, -0.2) is 4.68 Å². The molecule has 0 aliphatic heterocycles. The van der Waals surface area contributed by atoms with Gasteiger partial charge < -0.3 is 14.5 Å². The summed E-state index contributed by atoms with van der Waals surface area (Å²) in [6.07, 6.45) is 0. The zero-order chi connectivity index (χ0) is 19.4. The van der Waals surface area contributed by atoms with Gasteiger partial charge >= 0.3 is 0 Å². The van der Waals surface area contributed by atoms with Crippen molar-refractivity contribution in [3.63, 3.8) is 0 Å². The largest absolute Gasteiger partial charge is 0.482 e. The van der Waals surface area contributed by atoms with E-state index >= 15 is 0 Å². The summed E-state index contributed by atoms with van der Waals surface area (Å²) >= 11 is 17.0. The van der Waals surface area contributed by atoms with Crippen molar-refractivity contribution in [2.75, 3.05) is 5.32 Å². The second kappa shape index (κ2) is 8.56. The summed E-state index contributed by atoms with van der Waals surface area (Å²) in [5.74, 6) is 0.404. The molecule has 3 aromatic rings. The number of nitrogens with one attached hydrogen (secondary N) is 1. The van der Waals surface area contributed by atoms with Crippen LogP contribution in [0.4, 0.5) is 5.69 Å². The van der Waals surface area contributed by atoms with Crippen molar-refractivity contribution in [1.29, 1.82) is 0 Å². The lowest BCUT2D eigenvalue weighted by Crippen LogP contribution is -2.19. The number of nitrogens with zero attached hydrogens (tertiary/aromatic N) is 2. The van der Waals surface area contributed by atoms with Crippen LogP contribution in [-0.4, -0.2) is 15.7 Å². The number of hydrogen-bond donors (Lipinski definition) is 1. The number of aromatic nitrogens is 2. The molecule has 0 saturated heterocycles. The second-order valence-corrected chi connectivity index (χ2v) is 6.89. The molecule has 1 heterocycles. The fourth-order valence-electron chi connectivity index (χ4n) is 2.30. The van der Waals surface area contributed by atoms with Gasteiger partial charge in [0.25, 0.3) is 10.7 Å². The summed E-state index contributed by atoms with van der Waals surface area (Å²) in [6, 6.07) is 12.4. The maximum absolute atomic E-state index is 12.2. The fraction of sp³-hybridized carbons (Fsp3) is 0.167. The number of carbonyl (C=O) groups excluding carboxylic acids is 1. The van der Waals surface area contributed by atoms with E-state index in [2.05, 4.69) is 10.4 Å². The summed E-state index contributed by atoms with van der Waals surface area (Å²) in [7, 11) is 0. The fourth-order valence-corrected chi connectivity index (χ4v) is 2.96. The molecule has 0 spiro atoms. The molecule has 140 valence electrons. The highest BCUT2D eigenvalue weighted by molar-refractivity contribution is 7.71. The Morgan fingerprint density at radius 2 is 2.11 bits per heavy atom. The van der Waals surface area contributed by atoms with Crippen molar-refractivity contribution >= 4 is 47.0 Å². The molecule has 0 bridgehead atoms. The molecular weight excluding hydrogens is 409 g/mol. The Hall–Kier alpha value is -2.35. The van der Waals surface area contributed by atoms with Crippen molar-refractivity contribution < 1.29 is 13.9 Å². The van der Waals surface area contributed by atoms with Crippen LogP contribution in [0.5, 0.6) is 5.75 Å². The highest BCUT2D eigenvalue weighted by Gasteiger charge is 2.12. The van der Waals surface area contributed by atoms with Gasteiger partial charge in [0, 0.05) is 10.7 Å². The molecule has 9 heteroatoms.